The number of aryl methyl sites for hydroxylation is 1. The highest BCUT2D eigenvalue weighted by atomic mass is 79.9. The number of methoxy groups -OCH3 is 1. The maximum absolute atomic E-state index is 11.0. The van der Waals surface area contributed by atoms with Gasteiger partial charge in [-0.3, -0.25) is 4.79 Å². The van der Waals surface area contributed by atoms with Gasteiger partial charge in [0.05, 0.1) is 13.5 Å². The van der Waals surface area contributed by atoms with Gasteiger partial charge in [0, 0.05) is 9.50 Å². The summed E-state index contributed by atoms with van der Waals surface area (Å²) in [5.41, 5.74) is 1.84. The molecule has 0 aliphatic carbocycles. The quantitative estimate of drug-likeness (QED) is 0.776. The van der Waals surface area contributed by atoms with Crippen LogP contribution in [0.15, 0.2) is 16.6 Å². The molecule has 14 heavy (non-hydrogen) atoms. The smallest absolute Gasteiger partial charge is 0.310 e. The Hall–Kier alpha value is -0.540. The molecule has 0 atom stereocenters. The highest BCUT2D eigenvalue weighted by molar-refractivity contribution is 9.10. The maximum Gasteiger partial charge on any atom is 0.310 e. The number of esters is 1. The molecule has 0 aliphatic rings. The van der Waals surface area contributed by atoms with E-state index in [9.17, 15) is 4.79 Å². The molecule has 76 valence electrons. The summed E-state index contributed by atoms with van der Waals surface area (Å²) in [5.74, 6) is -0.284. The summed E-state index contributed by atoms with van der Waals surface area (Å²) < 4.78 is 5.51. The standard InChI is InChI=1S/C10H10BrClO2/c1-6-3-7(4-10(13)14-2)9(12)5-8(6)11/h3,5H,4H2,1-2H3. The maximum atomic E-state index is 11.0. The average Bonchev–Trinajstić information content (AvgIpc) is 2.14. The SMILES string of the molecule is COC(=O)Cc1cc(C)c(Br)cc1Cl. The fourth-order valence-corrected chi connectivity index (χ4v) is 1.79. The zero-order chi connectivity index (χ0) is 10.7. The Balaban J connectivity index is 2.98. The second-order valence-corrected chi connectivity index (χ2v) is 4.21. The van der Waals surface area contributed by atoms with Gasteiger partial charge in [-0.15, -0.1) is 0 Å². The first kappa shape index (κ1) is 11.5. The van der Waals surface area contributed by atoms with E-state index in [2.05, 4.69) is 20.7 Å². The molecule has 0 heterocycles. The van der Waals surface area contributed by atoms with Gasteiger partial charge < -0.3 is 4.74 Å². The molecule has 0 unspecified atom stereocenters. The number of hydrogen-bond donors (Lipinski definition) is 0. The Morgan fingerprint density at radius 1 is 1.57 bits per heavy atom. The Morgan fingerprint density at radius 3 is 2.79 bits per heavy atom. The molecule has 0 spiro atoms. The van der Waals surface area contributed by atoms with Crippen LogP contribution >= 0.6 is 27.5 Å². The van der Waals surface area contributed by atoms with Crippen molar-refractivity contribution in [1.82, 2.24) is 0 Å². The topological polar surface area (TPSA) is 26.3 Å². The zero-order valence-electron chi connectivity index (χ0n) is 7.93. The summed E-state index contributed by atoms with van der Waals surface area (Å²) in [6.45, 7) is 1.95. The van der Waals surface area contributed by atoms with Gasteiger partial charge in [-0.05, 0) is 24.1 Å². The molecular formula is C10H10BrClO2. The van der Waals surface area contributed by atoms with E-state index >= 15 is 0 Å². The minimum absolute atomic E-state index is 0.212. The highest BCUT2D eigenvalue weighted by Crippen LogP contribution is 2.25. The van der Waals surface area contributed by atoms with E-state index in [0.717, 1.165) is 15.6 Å². The van der Waals surface area contributed by atoms with Crippen molar-refractivity contribution in [3.8, 4) is 0 Å². The Kier molecular flexibility index (Phi) is 3.96. The van der Waals surface area contributed by atoms with Crippen LogP contribution < -0.4 is 0 Å². The summed E-state index contributed by atoms with van der Waals surface area (Å²) >= 11 is 9.33. The second kappa shape index (κ2) is 4.80. The van der Waals surface area contributed by atoms with Crippen molar-refractivity contribution in [1.29, 1.82) is 0 Å². The van der Waals surface area contributed by atoms with Crippen LogP contribution in [0.4, 0.5) is 0 Å². The van der Waals surface area contributed by atoms with E-state index in [0.29, 0.717) is 5.02 Å². The molecule has 0 radical (unpaired) electrons. The molecule has 0 fully saturated rings. The van der Waals surface area contributed by atoms with Crippen LogP contribution in [-0.2, 0) is 16.0 Å². The van der Waals surface area contributed by atoms with E-state index in [1.807, 2.05) is 13.0 Å². The summed E-state index contributed by atoms with van der Waals surface area (Å²) in [6, 6.07) is 3.67. The van der Waals surface area contributed by atoms with Gasteiger partial charge in [-0.1, -0.05) is 33.6 Å². The third-order valence-corrected chi connectivity index (χ3v) is 3.10. The molecule has 1 rings (SSSR count). The van der Waals surface area contributed by atoms with Crippen molar-refractivity contribution < 1.29 is 9.53 Å². The highest BCUT2D eigenvalue weighted by Gasteiger charge is 2.08. The number of halogens is 2. The van der Waals surface area contributed by atoms with Gasteiger partial charge in [-0.2, -0.15) is 0 Å². The monoisotopic (exact) mass is 276 g/mol. The van der Waals surface area contributed by atoms with Crippen molar-refractivity contribution >= 4 is 33.5 Å². The number of hydrogen-bond acceptors (Lipinski definition) is 2. The number of ether oxygens (including phenoxy) is 1. The molecule has 0 bridgehead atoms. The van der Waals surface area contributed by atoms with Crippen molar-refractivity contribution in [2.75, 3.05) is 7.11 Å². The van der Waals surface area contributed by atoms with Gasteiger partial charge >= 0.3 is 5.97 Å². The van der Waals surface area contributed by atoms with Crippen LogP contribution in [0.3, 0.4) is 0 Å². The third kappa shape index (κ3) is 2.72. The van der Waals surface area contributed by atoms with Crippen molar-refractivity contribution in [2.45, 2.75) is 13.3 Å². The molecule has 4 heteroatoms. The molecular weight excluding hydrogens is 267 g/mol. The molecule has 0 aromatic heterocycles. The minimum atomic E-state index is -0.284. The first-order valence-corrected chi connectivity index (χ1v) is 5.23. The Bertz CT molecular complexity index is 363. The van der Waals surface area contributed by atoms with Gasteiger partial charge in [0.25, 0.3) is 0 Å². The molecule has 1 aromatic rings. The van der Waals surface area contributed by atoms with Crippen molar-refractivity contribution in [3.05, 3.63) is 32.8 Å². The fourth-order valence-electron chi connectivity index (χ4n) is 1.08. The van der Waals surface area contributed by atoms with Gasteiger partial charge in [0.15, 0.2) is 0 Å². The van der Waals surface area contributed by atoms with Crippen LogP contribution in [0.2, 0.25) is 5.02 Å². The average molecular weight is 278 g/mol. The molecule has 1 aromatic carbocycles. The van der Waals surface area contributed by atoms with Crippen molar-refractivity contribution in [3.63, 3.8) is 0 Å². The number of carbonyl (C=O) groups is 1. The van der Waals surface area contributed by atoms with Crippen LogP contribution in [0.1, 0.15) is 11.1 Å². The van der Waals surface area contributed by atoms with E-state index in [4.69, 9.17) is 11.6 Å². The lowest BCUT2D eigenvalue weighted by molar-refractivity contribution is -0.139. The molecule has 0 saturated heterocycles. The van der Waals surface area contributed by atoms with E-state index in [1.165, 1.54) is 7.11 Å². The first-order valence-electron chi connectivity index (χ1n) is 4.06. The molecule has 0 aliphatic heterocycles. The summed E-state index contributed by atoms with van der Waals surface area (Å²) in [6.07, 6.45) is 0.212. The van der Waals surface area contributed by atoms with E-state index in [-0.39, 0.29) is 12.4 Å². The Labute approximate surface area is 96.3 Å². The number of rotatable bonds is 2. The lowest BCUT2D eigenvalue weighted by Gasteiger charge is -2.06. The van der Waals surface area contributed by atoms with Crippen molar-refractivity contribution in [2.24, 2.45) is 0 Å². The van der Waals surface area contributed by atoms with E-state index in [1.54, 1.807) is 6.07 Å². The third-order valence-electron chi connectivity index (χ3n) is 1.89. The molecule has 2 nitrogen and oxygen atoms in total. The largest absolute Gasteiger partial charge is 0.469 e. The van der Waals surface area contributed by atoms with Crippen LogP contribution in [0.5, 0.6) is 0 Å². The lowest BCUT2D eigenvalue weighted by Crippen LogP contribution is -2.05. The summed E-state index contributed by atoms with van der Waals surface area (Å²) in [5, 5.41) is 0.577. The first-order chi connectivity index (χ1) is 6.54. The van der Waals surface area contributed by atoms with Gasteiger partial charge in [0.2, 0.25) is 0 Å². The Morgan fingerprint density at radius 2 is 2.21 bits per heavy atom. The van der Waals surface area contributed by atoms with Gasteiger partial charge in [-0.25, -0.2) is 0 Å². The molecule has 0 N–H and O–H groups in total. The van der Waals surface area contributed by atoms with Crippen LogP contribution in [0, 0.1) is 6.92 Å². The summed E-state index contributed by atoms with van der Waals surface area (Å²) in [4.78, 5) is 11.0. The van der Waals surface area contributed by atoms with E-state index < -0.39 is 0 Å². The predicted molar refractivity (Wildman–Crippen MR) is 59.6 cm³/mol. The summed E-state index contributed by atoms with van der Waals surface area (Å²) in [7, 11) is 1.36. The predicted octanol–water partition coefficient (Wildman–Crippen LogP) is 3.13. The molecule has 0 saturated carbocycles. The second-order valence-electron chi connectivity index (χ2n) is 2.95. The van der Waals surface area contributed by atoms with Gasteiger partial charge in [0.1, 0.15) is 0 Å². The molecule has 0 amide bonds. The van der Waals surface area contributed by atoms with Crippen LogP contribution in [-0.4, -0.2) is 13.1 Å². The minimum Gasteiger partial charge on any atom is -0.469 e. The normalized spacial score (nSPS) is 10.0. The zero-order valence-corrected chi connectivity index (χ0v) is 10.3. The number of carbonyl (C=O) groups excluding carboxylic acids is 1. The van der Waals surface area contributed by atoms with Crippen LogP contribution in [0.25, 0.3) is 0 Å². The fraction of sp³-hybridized carbons (Fsp3) is 0.300. The number of benzene rings is 1. The lowest BCUT2D eigenvalue weighted by atomic mass is 10.1.